The number of hydrogen-bond acceptors (Lipinski definition) is 2. The zero-order valence-corrected chi connectivity index (χ0v) is 14.3. The maximum absolute atomic E-state index is 11.7. The minimum Gasteiger partial charge on any atom is -0.346 e. The van der Waals surface area contributed by atoms with Gasteiger partial charge in [-0.2, -0.15) is 4.90 Å². The van der Waals surface area contributed by atoms with E-state index in [1.165, 1.54) is 30.7 Å². The van der Waals surface area contributed by atoms with Crippen LogP contribution in [0.5, 0.6) is 0 Å². The van der Waals surface area contributed by atoms with Gasteiger partial charge in [0.15, 0.2) is 6.54 Å². The van der Waals surface area contributed by atoms with Crippen molar-refractivity contribution in [1.29, 1.82) is 0 Å². The van der Waals surface area contributed by atoms with Gasteiger partial charge in [-0.25, -0.2) is 0 Å². The van der Waals surface area contributed by atoms with E-state index in [2.05, 4.69) is 40.7 Å². The molecule has 0 fully saturated rings. The van der Waals surface area contributed by atoms with E-state index in [0.29, 0.717) is 6.54 Å². The Morgan fingerprint density at radius 1 is 0.958 bits per heavy atom. The summed E-state index contributed by atoms with van der Waals surface area (Å²) in [7, 11) is 0. The molecule has 2 aromatic carbocycles. The van der Waals surface area contributed by atoms with Gasteiger partial charge in [-0.1, -0.05) is 48.0 Å². The number of benzene rings is 2. The molecule has 2 aromatic rings. The van der Waals surface area contributed by atoms with Crippen LogP contribution in [0.1, 0.15) is 36.8 Å². The molecular formula is C21H25N2O+. The van der Waals surface area contributed by atoms with Crippen molar-refractivity contribution in [2.45, 2.75) is 38.3 Å². The predicted octanol–water partition coefficient (Wildman–Crippen LogP) is 3.65. The molecule has 0 radical (unpaired) electrons. The number of aryl methyl sites for hydroxylation is 1. The summed E-state index contributed by atoms with van der Waals surface area (Å²) in [6, 6.07) is 18.6. The first kappa shape index (κ1) is 15.4. The first-order valence-electron chi connectivity index (χ1n) is 8.94. The minimum atomic E-state index is -0.997. The van der Waals surface area contributed by atoms with E-state index in [-0.39, 0.29) is 0 Å². The molecule has 2 aliphatic rings. The van der Waals surface area contributed by atoms with Crippen molar-refractivity contribution < 1.29 is 9.68 Å². The maximum atomic E-state index is 11.7. The molecule has 1 atom stereocenters. The molecule has 4 rings (SSSR count). The summed E-state index contributed by atoms with van der Waals surface area (Å²) in [6.07, 6.45) is 4.70. The summed E-state index contributed by atoms with van der Waals surface area (Å²) < 4.78 is 2.39. The van der Waals surface area contributed by atoms with Crippen LogP contribution in [0.2, 0.25) is 0 Å². The van der Waals surface area contributed by atoms with Crippen LogP contribution in [0.3, 0.4) is 0 Å². The van der Waals surface area contributed by atoms with Crippen LogP contribution in [-0.4, -0.2) is 28.6 Å². The SMILES string of the molecule is Cc1ccc(N2C3=[N+](CCCCC3)CC2(O)c2ccccc2)cc1. The highest BCUT2D eigenvalue weighted by atomic mass is 16.3. The summed E-state index contributed by atoms with van der Waals surface area (Å²) >= 11 is 0. The molecule has 124 valence electrons. The molecule has 0 aliphatic carbocycles. The van der Waals surface area contributed by atoms with Crippen molar-refractivity contribution in [2.75, 3.05) is 18.0 Å². The molecule has 2 aliphatic heterocycles. The highest BCUT2D eigenvalue weighted by Gasteiger charge is 2.53. The van der Waals surface area contributed by atoms with Crippen molar-refractivity contribution in [3.8, 4) is 0 Å². The molecular weight excluding hydrogens is 296 g/mol. The first-order valence-corrected chi connectivity index (χ1v) is 8.94. The predicted molar refractivity (Wildman–Crippen MR) is 97.5 cm³/mol. The molecule has 3 heteroatoms. The standard InChI is InChI=1S/C21H25N2O/c1-17-11-13-19(14-12-17)23-20-10-6-3-7-15-22(20)16-21(23,24)18-8-4-2-5-9-18/h2,4-5,8-9,11-14,24H,3,6-7,10,15-16H2,1H3/q+1. The summed E-state index contributed by atoms with van der Waals surface area (Å²) in [5, 5.41) is 11.7. The topological polar surface area (TPSA) is 26.5 Å². The lowest BCUT2D eigenvalue weighted by Gasteiger charge is -2.29. The lowest BCUT2D eigenvalue weighted by Crippen LogP contribution is -2.47. The van der Waals surface area contributed by atoms with E-state index >= 15 is 0 Å². The third kappa shape index (κ3) is 2.53. The number of hydrogen-bond donors (Lipinski definition) is 1. The molecule has 0 spiro atoms. The molecule has 1 unspecified atom stereocenters. The third-order valence-corrected chi connectivity index (χ3v) is 5.26. The van der Waals surface area contributed by atoms with Gasteiger partial charge in [0.1, 0.15) is 5.69 Å². The minimum absolute atomic E-state index is 0.639. The monoisotopic (exact) mass is 321 g/mol. The summed E-state index contributed by atoms with van der Waals surface area (Å²) in [6.45, 7) is 3.77. The Kier molecular flexibility index (Phi) is 3.89. The van der Waals surface area contributed by atoms with E-state index in [0.717, 1.165) is 24.2 Å². The lowest BCUT2D eigenvalue weighted by atomic mass is 10.00. The normalized spacial score (nSPS) is 24.0. The Bertz CT molecular complexity index is 751. The van der Waals surface area contributed by atoms with Crippen LogP contribution in [0.4, 0.5) is 5.69 Å². The van der Waals surface area contributed by atoms with Crippen molar-refractivity contribution in [3.05, 3.63) is 65.7 Å². The molecule has 0 aromatic heterocycles. The fourth-order valence-electron chi connectivity index (χ4n) is 4.01. The van der Waals surface area contributed by atoms with Gasteiger partial charge in [0.05, 0.1) is 6.54 Å². The molecule has 2 heterocycles. The van der Waals surface area contributed by atoms with E-state index in [9.17, 15) is 5.11 Å². The van der Waals surface area contributed by atoms with E-state index in [4.69, 9.17) is 0 Å². The van der Waals surface area contributed by atoms with Gasteiger partial charge in [-0.3, -0.25) is 4.58 Å². The van der Waals surface area contributed by atoms with Crippen molar-refractivity contribution in [3.63, 3.8) is 0 Å². The fourth-order valence-corrected chi connectivity index (χ4v) is 4.01. The van der Waals surface area contributed by atoms with Gasteiger partial charge >= 0.3 is 0 Å². The van der Waals surface area contributed by atoms with Gasteiger partial charge in [0.25, 0.3) is 11.6 Å². The van der Waals surface area contributed by atoms with Crippen LogP contribution in [0.15, 0.2) is 54.6 Å². The van der Waals surface area contributed by atoms with Crippen LogP contribution in [-0.2, 0) is 5.72 Å². The summed E-state index contributed by atoms with van der Waals surface area (Å²) in [5.74, 6) is 1.27. The smallest absolute Gasteiger partial charge is 0.275 e. The zero-order chi connectivity index (χ0) is 16.6. The second-order valence-corrected chi connectivity index (χ2v) is 7.00. The van der Waals surface area contributed by atoms with E-state index in [1.807, 2.05) is 30.3 Å². The Labute approximate surface area is 143 Å². The van der Waals surface area contributed by atoms with Gasteiger partial charge in [-0.05, 0) is 38.3 Å². The highest BCUT2D eigenvalue weighted by molar-refractivity contribution is 5.97. The number of nitrogens with zero attached hydrogens (tertiary/aromatic N) is 2. The third-order valence-electron chi connectivity index (χ3n) is 5.26. The number of rotatable bonds is 2. The number of amidine groups is 1. The Hall–Kier alpha value is -2.13. The molecule has 0 saturated heterocycles. The van der Waals surface area contributed by atoms with Crippen LogP contribution >= 0.6 is 0 Å². The Morgan fingerprint density at radius 2 is 1.71 bits per heavy atom. The molecule has 24 heavy (non-hydrogen) atoms. The Balaban J connectivity index is 1.84. The Morgan fingerprint density at radius 3 is 2.46 bits per heavy atom. The van der Waals surface area contributed by atoms with Crippen LogP contribution in [0.25, 0.3) is 0 Å². The molecule has 0 bridgehead atoms. The summed E-state index contributed by atoms with van der Waals surface area (Å²) in [5.41, 5.74) is 2.28. The number of anilines is 1. The molecule has 0 saturated carbocycles. The van der Waals surface area contributed by atoms with Crippen molar-refractivity contribution >= 4 is 11.5 Å². The van der Waals surface area contributed by atoms with E-state index in [1.54, 1.807) is 0 Å². The van der Waals surface area contributed by atoms with E-state index < -0.39 is 5.72 Å². The van der Waals surface area contributed by atoms with Crippen molar-refractivity contribution in [2.24, 2.45) is 0 Å². The first-order chi connectivity index (χ1) is 11.7. The van der Waals surface area contributed by atoms with Crippen molar-refractivity contribution in [1.82, 2.24) is 0 Å². The van der Waals surface area contributed by atoms with Gasteiger partial charge in [0.2, 0.25) is 0 Å². The maximum Gasteiger partial charge on any atom is 0.275 e. The second kappa shape index (κ2) is 6.06. The second-order valence-electron chi connectivity index (χ2n) is 7.00. The van der Waals surface area contributed by atoms with Gasteiger partial charge in [-0.15, -0.1) is 0 Å². The molecule has 0 amide bonds. The van der Waals surface area contributed by atoms with Gasteiger partial charge < -0.3 is 5.11 Å². The largest absolute Gasteiger partial charge is 0.346 e. The summed E-state index contributed by atoms with van der Waals surface area (Å²) in [4.78, 5) is 2.17. The highest BCUT2D eigenvalue weighted by Crippen LogP contribution is 2.37. The van der Waals surface area contributed by atoms with Crippen LogP contribution in [0, 0.1) is 6.92 Å². The zero-order valence-electron chi connectivity index (χ0n) is 14.3. The number of aliphatic hydroxyl groups is 1. The quantitative estimate of drug-likeness (QED) is 0.855. The average molecular weight is 321 g/mol. The van der Waals surface area contributed by atoms with Crippen LogP contribution < -0.4 is 4.90 Å². The average Bonchev–Trinajstić information content (AvgIpc) is 2.74. The molecule has 1 N–H and O–H groups in total. The fraction of sp³-hybridized carbons (Fsp3) is 0.381. The molecule has 3 nitrogen and oxygen atoms in total. The van der Waals surface area contributed by atoms with Gasteiger partial charge in [0, 0.05) is 12.0 Å². The lowest BCUT2D eigenvalue weighted by molar-refractivity contribution is -0.534.